The van der Waals surface area contributed by atoms with Gasteiger partial charge in [-0.2, -0.15) is 0 Å². The molecule has 0 amide bonds. The lowest BCUT2D eigenvalue weighted by Gasteiger charge is -2.16. The van der Waals surface area contributed by atoms with Gasteiger partial charge in [0.25, 0.3) is 0 Å². The fraction of sp³-hybridized carbons (Fsp3) is 0.333. The molecule has 23 heavy (non-hydrogen) atoms. The Morgan fingerprint density at radius 1 is 1.00 bits per heavy atom. The van der Waals surface area contributed by atoms with Crippen molar-refractivity contribution < 1.29 is 9.84 Å². The van der Waals surface area contributed by atoms with Crippen LogP contribution in [0.4, 0.5) is 0 Å². The molecule has 3 aromatic rings. The lowest BCUT2D eigenvalue weighted by atomic mass is 10.0. The van der Waals surface area contributed by atoms with Crippen LogP contribution in [0.15, 0.2) is 48.5 Å². The summed E-state index contributed by atoms with van der Waals surface area (Å²) < 4.78 is 6.10. The van der Waals surface area contributed by atoms with Crippen LogP contribution in [-0.2, 0) is 0 Å². The molecule has 0 aliphatic carbocycles. The third-order valence-electron chi connectivity index (χ3n) is 4.28. The zero-order valence-corrected chi connectivity index (χ0v) is 13.9. The molecule has 0 aliphatic heterocycles. The summed E-state index contributed by atoms with van der Waals surface area (Å²) in [6.45, 7) is 4.57. The Labute approximate surface area is 137 Å². The van der Waals surface area contributed by atoms with E-state index in [-0.39, 0.29) is 0 Å². The van der Waals surface area contributed by atoms with Gasteiger partial charge < -0.3 is 9.84 Å². The van der Waals surface area contributed by atoms with E-state index in [0.717, 1.165) is 35.8 Å². The number of benzene rings is 3. The van der Waals surface area contributed by atoms with Gasteiger partial charge in [0.1, 0.15) is 12.4 Å². The van der Waals surface area contributed by atoms with Gasteiger partial charge >= 0.3 is 0 Å². The molecular formula is C21H24O2. The van der Waals surface area contributed by atoms with Crippen molar-refractivity contribution in [1.82, 2.24) is 0 Å². The Balaban J connectivity index is 2.02. The summed E-state index contributed by atoms with van der Waals surface area (Å²) in [5.74, 6) is 0.886. The number of hydrogen-bond acceptors (Lipinski definition) is 2. The summed E-state index contributed by atoms with van der Waals surface area (Å²) >= 11 is 0. The molecule has 1 atom stereocenters. The van der Waals surface area contributed by atoms with Gasteiger partial charge in [-0.1, -0.05) is 61.7 Å². The predicted octanol–water partition coefficient (Wildman–Crippen LogP) is 5.23. The van der Waals surface area contributed by atoms with Crippen LogP contribution in [0.3, 0.4) is 0 Å². The van der Waals surface area contributed by atoms with Crippen LogP contribution in [-0.4, -0.2) is 17.8 Å². The first kappa shape index (κ1) is 15.8. The average Bonchev–Trinajstić information content (AvgIpc) is 2.57. The van der Waals surface area contributed by atoms with Crippen LogP contribution in [0, 0.1) is 6.92 Å². The van der Waals surface area contributed by atoms with E-state index in [1.54, 1.807) is 0 Å². The molecule has 1 N–H and O–H groups in total. The monoisotopic (exact) mass is 308 g/mol. The van der Waals surface area contributed by atoms with Crippen molar-refractivity contribution in [3.8, 4) is 5.75 Å². The number of aliphatic hydroxyl groups excluding tert-OH is 1. The smallest absolute Gasteiger partial charge is 0.135 e. The zero-order valence-electron chi connectivity index (χ0n) is 13.9. The van der Waals surface area contributed by atoms with E-state index in [1.807, 2.05) is 12.1 Å². The van der Waals surface area contributed by atoms with Crippen molar-refractivity contribution >= 4 is 21.5 Å². The summed E-state index contributed by atoms with van der Waals surface area (Å²) in [4.78, 5) is 0. The Bertz CT molecular complexity index is 807. The zero-order chi connectivity index (χ0) is 16.2. The van der Waals surface area contributed by atoms with Gasteiger partial charge in [-0.3, -0.25) is 0 Å². The fourth-order valence-corrected chi connectivity index (χ4v) is 2.99. The van der Waals surface area contributed by atoms with Crippen molar-refractivity contribution in [2.75, 3.05) is 6.61 Å². The number of hydrogen-bond donors (Lipinski definition) is 1. The second kappa shape index (κ2) is 7.01. The summed E-state index contributed by atoms with van der Waals surface area (Å²) in [7, 11) is 0. The fourth-order valence-electron chi connectivity index (χ4n) is 2.99. The number of aliphatic hydroxyl groups is 1. The van der Waals surface area contributed by atoms with Crippen molar-refractivity contribution in [2.24, 2.45) is 0 Å². The standard InChI is InChI=1S/C21H24O2/c1-3-4-8-18(22)14-23-21-19-9-6-5-7-16(19)13-17-11-10-15(2)12-20(17)21/h5-7,9-13,18,22H,3-4,8,14H2,1-2H3. The van der Waals surface area contributed by atoms with Gasteiger partial charge in [0.05, 0.1) is 6.10 Å². The lowest BCUT2D eigenvalue weighted by Crippen LogP contribution is -2.17. The van der Waals surface area contributed by atoms with E-state index in [9.17, 15) is 5.11 Å². The molecule has 0 bridgehead atoms. The molecular weight excluding hydrogens is 284 g/mol. The van der Waals surface area contributed by atoms with E-state index in [1.165, 1.54) is 16.3 Å². The molecule has 0 fully saturated rings. The number of unbranched alkanes of at least 4 members (excludes halogenated alkanes) is 1. The maximum atomic E-state index is 10.1. The molecule has 0 saturated heterocycles. The summed E-state index contributed by atoms with van der Waals surface area (Å²) in [6, 6.07) is 16.9. The molecule has 3 rings (SSSR count). The van der Waals surface area contributed by atoms with Crippen molar-refractivity contribution in [2.45, 2.75) is 39.2 Å². The molecule has 2 heteroatoms. The van der Waals surface area contributed by atoms with Gasteiger partial charge in [-0.25, -0.2) is 0 Å². The Morgan fingerprint density at radius 3 is 2.61 bits per heavy atom. The normalized spacial score (nSPS) is 12.7. The molecule has 0 aromatic heterocycles. The first-order chi connectivity index (χ1) is 11.2. The summed E-state index contributed by atoms with van der Waals surface area (Å²) in [5, 5.41) is 14.7. The first-order valence-corrected chi connectivity index (χ1v) is 8.42. The van der Waals surface area contributed by atoms with Crippen LogP contribution < -0.4 is 4.74 Å². The van der Waals surface area contributed by atoms with Gasteiger partial charge in [-0.05, 0) is 36.2 Å². The van der Waals surface area contributed by atoms with E-state index >= 15 is 0 Å². The van der Waals surface area contributed by atoms with E-state index < -0.39 is 6.10 Å². The van der Waals surface area contributed by atoms with E-state index in [2.05, 4.69) is 50.2 Å². The number of rotatable bonds is 6. The highest BCUT2D eigenvalue weighted by molar-refractivity contribution is 6.05. The number of fused-ring (bicyclic) bond motifs is 2. The van der Waals surface area contributed by atoms with Gasteiger partial charge in [-0.15, -0.1) is 0 Å². The Hall–Kier alpha value is -2.06. The van der Waals surface area contributed by atoms with Crippen LogP contribution in [0.1, 0.15) is 31.7 Å². The maximum Gasteiger partial charge on any atom is 0.135 e. The van der Waals surface area contributed by atoms with E-state index in [4.69, 9.17) is 4.74 Å². The molecule has 0 heterocycles. The SMILES string of the molecule is CCCCC(O)COc1c2ccccc2cc2ccc(C)cc12. The minimum absolute atomic E-state index is 0.344. The van der Waals surface area contributed by atoms with Gasteiger partial charge in [0.15, 0.2) is 0 Å². The van der Waals surface area contributed by atoms with Crippen LogP contribution in [0.5, 0.6) is 5.75 Å². The van der Waals surface area contributed by atoms with Crippen LogP contribution in [0.2, 0.25) is 0 Å². The Kier molecular flexibility index (Phi) is 4.82. The Morgan fingerprint density at radius 2 is 1.78 bits per heavy atom. The minimum Gasteiger partial charge on any atom is -0.490 e. The van der Waals surface area contributed by atoms with Gasteiger partial charge in [0.2, 0.25) is 0 Å². The van der Waals surface area contributed by atoms with E-state index in [0.29, 0.717) is 6.61 Å². The molecule has 3 aromatic carbocycles. The summed E-state index contributed by atoms with van der Waals surface area (Å²) in [6.07, 6.45) is 2.50. The quantitative estimate of drug-likeness (QED) is 0.632. The number of ether oxygens (including phenoxy) is 1. The molecule has 120 valence electrons. The van der Waals surface area contributed by atoms with Crippen LogP contribution in [0.25, 0.3) is 21.5 Å². The topological polar surface area (TPSA) is 29.5 Å². The molecule has 0 saturated carbocycles. The molecule has 0 radical (unpaired) electrons. The maximum absolute atomic E-state index is 10.1. The number of aryl methyl sites for hydroxylation is 1. The predicted molar refractivity (Wildman–Crippen MR) is 97.2 cm³/mol. The highest BCUT2D eigenvalue weighted by Gasteiger charge is 2.11. The average molecular weight is 308 g/mol. The lowest BCUT2D eigenvalue weighted by molar-refractivity contribution is 0.0995. The molecule has 1 unspecified atom stereocenters. The highest BCUT2D eigenvalue weighted by Crippen LogP contribution is 2.35. The molecule has 0 spiro atoms. The second-order valence-electron chi connectivity index (χ2n) is 6.26. The first-order valence-electron chi connectivity index (χ1n) is 8.42. The second-order valence-corrected chi connectivity index (χ2v) is 6.26. The largest absolute Gasteiger partial charge is 0.490 e. The third-order valence-corrected chi connectivity index (χ3v) is 4.28. The van der Waals surface area contributed by atoms with Crippen molar-refractivity contribution in [3.63, 3.8) is 0 Å². The van der Waals surface area contributed by atoms with Crippen LogP contribution >= 0.6 is 0 Å². The third kappa shape index (κ3) is 3.48. The van der Waals surface area contributed by atoms with Crippen molar-refractivity contribution in [3.05, 3.63) is 54.1 Å². The molecule has 0 aliphatic rings. The van der Waals surface area contributed by atoms with Gasteiger partial charge in [0, 0.05) is 10.8 Å². The summed E-state index contributed by atoms with van der Waals surface area (Å²) in [5.41, 5.74) is 1.21. The highest BCUT2D eigenvalue weighted by atomic mass is 16.5. The van der Waals surface area contributed by atoms with Crippen molar-refractivity contribution in [1.29, 1.82) is 0 Å². The minimum atomic E-state index is -0.409. The molecule has 2 nitrogen and oxygen atoms in total.